The minimum Gasteiger partial charge on any atom is -0.482 e. The molecular weight excluding hydrogens is 343 g/mol. The number of hydrogen-bond acceptors (Lipinski definition) is 3. The molecule has 1 fully saturated rings. The summed E-state index contributed by atoms with van der Waals surface area (Å²) in [5.74, 6) is -0.197. The van der Waals surface area contributed by atoms with Crippen molar-refractivity contribution in [1.29, 1.82) is 0 Å². The first-order chi connectivity index (χ1) is 12.1. The second-order valence-electron chi connectivity index (χ2n) is 6.01. The molecule has 1 heterocycles. The summed E-state index contributed by atoms with van der Waals surface area (Å²) in [6.07, 6.45) is 0. The fourth-order valence-corrected chi connectivity index (χ4v) is 3.04. The lowest BCUT2D eigenvalue weighted by Crippen LogP contribution is -2.49. The van der Waals surface area contributed by atoms with Gasteiger partial charge in [-0.15, -0.1) is 0 Å². The molecule has 25 heavy (non-hydrogen) atoms. The van der Waals surface area contributed by atoms with E-state index in [1.54, 1.807) is 4.90 Å². The zero-order valence-electron chi connectivity index (χ0n) is 13.8. The molecule has 0 N–H and O–H groups in total. The van der Waals surface area contributed by atoms with E-state index in [-0.39, 0.29) is 17.5 Å². The van der Waals surface area contributed by atoms with Crippen LogP contribution in [0.4, 0.5) is 4.39 Å². The van der Waals surface area contributed by atoms with Crippen LogP contribution in [0.2, 0.25) is 5.02 Å². The number of amides is 1. The van der Waals surface area contributed by atoms with Crippen molar-refractivity contribution in [2.24, 2.45) is 0 Å². The minimum atomic E-state index is -0.432. The molecule has 2 aromatic carbocycles. The Morgan fingerprint density at radius 3 is 2.48 bits per heavy atom. The van der Waals surface area contributed by atoms with Crippen LogP contribution in [0.25, 0.3) is 0 Å². The van der Waals surface area contributed by atoms with Crippen LogP contribution in [0, 0.1) is 5.82 Å². The maximum atomic E-state index is 13.0. The molecule has 6 heteroatoms. The predicted molar refractivity (Wildman–Crippen MR) is 95.2 cm³/mol. The normalized spacial score (nSPS) is 15.2. The van der Waals surface area contributed by atoms with E-state index in [2.05, 4.69) is 17.0 Å². The molecule has 0 unspecified atom stereocenters. The topological polar surface area (TPSA) is 32.8 Å². The van der Waals surface area contributed by atoms with E-state index in [9.17, 15) is 9.18 Å². The molecule has 1 saturated heterocycles. The summed E-state index contributed by atoms with van der Waals surface area (Å²) in [5.41, 5.74) is 1.27. The Morgan fingerprint density at radius 2 is 1.80 bits per heavy atom. The van der Waals surface area contributed by atoms with E-state index >= 15 is 0 Å². The second-order valence-corrected chi connectivity index (χ2v) is 6.41. The maximum absolute atomic E-state index is 13.0. The van der Waals surface area contributed by atoms with E-state index in [0.29, 0.717) is 18.8 Å². The smallest absolute Gasteiger partial charge is 0.260 e. The molecule has 0 saturated carbocycles. The zero-order valence-corrected chi connectivity index (χ0v) is 14.6. The number of rotatable bonds is 5. The first kappa shape index (κ1) is 17.7. The molecule has 0 aromatic heterocycles. The standard InChI is InChI=1S/C19H20ClFN2O2/c20-17-12-16(21)6-7-18(17)25-14-19(24)23-10-8-22(9-11-23)13-15-4-2-1-3-5-15/h1-7,12H,8-11,13-14H2. The molecule has 1 aliphatic heterocycles. The molecule has 0 bridgehead atoms. The third kappa shape index (κ3) is 4.94. The van der Waals surface area contributed by atoms with Gasteiger partial charge in [0, 0.05) is 32.7 Å². The van der Waals surface area contributed by atoms with Gasteiger partial charge in [-0.3, -0.25) is 9.69 Å². The van der Waals surface area contributed by atoms with Crippen molar-refractivity contribution in [3.63, 3.8) is 0 Å². The third-order valence-corrected chi connectivity index (χ3v) is 4.51. The summed E-state index contributed by atoms with van der Waals surface area (Å²) in [4.78, 5) is 16.4. The highest BCUT2D eigenvalue weighted by molar-refractivity contribution is 6.32. The monoisotopic (exact) mass is 362 g/mol. The van der Waals surface area contributed by atoms with Gasteiger partial charge in [-0.1, -0.05) is 41.9 Å². The third-order valence-electron chi connectivity index (χ3n) is 4.22. The van der Waals surface area contributed by atoms with Gasteiger partial charge in [-0.2, -0.15) is 0 Å². The van der Waals surface area contributed by atoms with E-state index in [4.69, 9.17) is 16.3 Å². The fraction of sp³-hybridized carbons (Fsp3) is 0.316. The van der Waals surface area contributed by atoms with Crippen LogP contribution in [0.3, 0.4) is 0 Å². The number of carbonyl (C=O) groups is 1. The van der Waals surface area contributed by atoms with Gasteiger partial charge in [0.05, 0.1) is 5.02 Å². The van der Waals surface area contributed by atoms with Crippen molar-refractivity contribution in [3.05, 3.63) is 64.9 Å². The molecule has 0 radical (unpaired) electrons. The highest BCUT2D eigenvalue weighted by Gasteiger charge is 2.21. The maximum Gasteiger partial charge on any atom is 0.260 e. The number of hydrogen-bond donors (Lipinski definition) is 0. The van der Waals surface area contributed by atoms with Crippen LogP contribution in [-0.4, -0.2) is 48.5 Å². The van der Waals surface area contributed by atoms with Gasteiger partial charge in [-0.05, 0) is 23.8 Å². The highest BCUT2D eigenvalue weighted by Crippen LogP contribution is 2.24. The lowest BCUT2D eigenvalue weighted by molar-refractivity contribution is -0.135. The molecular formula is C19H20ClFN2O2. The van der Waals surface area contributed by atoms with Gasteiger partial charge in [0.2, 0.25) is 0 Å². The summed E-state index contributed by atoms with van der Waals surface area (Å²) in [6.45, 7) is 3.81. The summed E-state index contributed by atoms with van der Waals surface area (Å²) < 4.78 is 18.4. The summed E-state index contributed by atoms with van der Waals surface area (Å²) in [6, 6.07) is 14.2. The molecule has 0 spiro atoms. The number of carbonyl (C=O) groups excluding carboxylic acids is 1. The van der Waals surface area contributed by atoms with E-state index in [0.717, 1.165) is 19.6 Å². The number of halogens is 2. The number of nitrogens with zero attached hydrogens (tertiary/aromatic N) is 2. The quantitative estimate of drug-likeness (QED) is 0.818. The van der Waals surface area contributed by atoms with Gasteiger partial charge >= 0.3 is 0 Å². The lowest BCUT2D eigenvalue weighted by atomic mass is 10.2. The second kappa shape index (κ2) is 8.32. The largest absolute Gasteiger partial charge is 0.482 e. The average Bonchev–Trinajstić information content (AvgIpc) is 2.62. The predicted octanol–water partition coefficient (Wildman–Crippen LogP) is 3.20. The van der Waals surface area contributed by atoms with Crippen molar-refractivity contribution in [3.8, 4) is 5.75 Å². The molecule has 132 valence electrons. The van der Waals surface area contributed by atoms with E-state index < -0.39 is 5.82 Å². The summed E-state index contributed by atoms with van der Waals surface area (Å²) in [5, 5.41) is 0.167. The Labute approximate surface area is 151 Å². The Kier molecular flexibility index (Phi) is 5.89. The van der Waals surface area contributed by atoms with E-state index in [1.165, 1.54) is 23.8 Å². The number of benzene rings is 2. The van der Waals surface area contributed by atoms with Crippen molar-refractivity contribution in [2.75, 3.05) is 32.8 Å². The molecule has 2 aromatic rings. The van der Waals surface area contributed by atoms with Crippen LogP contribution in [0.15, 0.2) is 48.5 Å². The Bertz CT molecular complexity index is 719. The molecule has 3 rings (SSSR count). The van der Waals surface area contributed by atoms with Gasteiger partial charge in [-0.25, -0.2) is 4.39 Å². The molecule has 1 amide bonds. The number of piperazine rings is 1. The SMILES string of the molecule is O=C(COc1ccc(F)cc1Cl)N1CCN(Cc2ccccc2)CC1. The fourth-order valence-electron chi connectivity index (χ4n) is 2.82. The van der Waals surface area contributed by atoms with Crippen LogP contribution < -0.4 is 4.74 Å². The lowest BCUT2D eigenvalue weighted by Gasteiger charge is -2.34. The van der Waals surface area contributed by atoms with Crippen LogP contribution in [0.5, 0.6) is 5.75 Å². The average molecular weight is 363 g/mol. The minimum absolute atomic E-state index is 0.0836. The van der Waals surface area contributed by atoms with Crippen molar-refractivity contribution in [2.45, 2.75) is 6.54 Å². The first-order valence-corrected chi connectivity index (χ1v) is 8.61. The molecule has 4 nitrogen and oxygen atoms in total. The molecule has 0 atom stereocenters. The van der Waals surface area contributed by atoms with Crippen LogP contribution in [-0.2, 0) is 11.3 Å². The van der Waals surface area contributed by atoms with Crippen molar-refractivity contribution in [1.82, 2.24) is 9.80 Å². The summed E-state index contributed by atoms with van der Waals surface area (Å²) in [7, 11) is 0. The van der Waals surface area contributed by atoms with Crippen LogP contribution >= 0.6 is 11.6 Å². The summed E-state index contributed by atoms with van der Waals surface area (Å²) >= 11 is 5.90. The van der Waals surface area contributed by atoms with Gasteiger partial charge < -0.3 is 9.64 Å². The Hall–Kier alpha value is -2.11. The highest BCUT2D eigenvalue weighted by atomic mass is 35.5. The van der Waals surface area contributed by atoms with Gasteiger partial charge in [0.25, 0.3) is 5.91 Å². The Morgan fingerprint density at radius 1 is 1.08 bits per heavy atom. The first-order valence-electron chi connectivity index (χ1n) is 8.24. The van der Waals surface area contributed by atoms with Gasteiger partial charge in [0.15, 0.2) is 6.61 Å². The number of ether oxygens (including phenoxy) is 1. The Balaban J connectivity index is 1.45. The van der Waals surface area contributed by atoms with E-state index in [1.807, 2.05) is 18.2 Å². The molecule has 1 aliphatic rings. The van der Waals surface area contributed by atoms with Gasteiger partial charge in [0.1, 0.15) is 11.6 Å². The van der Waals surface area contributed by atoms with Crippen molar-refractivity contribution >= 4 is 17.5 Å². The zero-order chi connectivity index (χ0) is 17.6. The van der Waals surface area contributed by atoms with Crippen LogP contribution in [0.1, 0.15) is 5.56 Å². The molecule has 0 aliphatic carbocycles. The van der Waals surface area contributed by atoms with Crippen molar-refractivity contribution < 1.29 is 13.9 Å².